The molecule has 1 aromatic rings. The van der Waals surface area contributed by atoms with Gasteiger partial charge in [0, 0.05) is 19.6 Å². The predicted octanol–water partition coefficient (Wildman–Crippen LogP) is 1.03. The number of anilines is 2. The summed E-state index contributed by atoms with van der Waals surface area (Å²) in [6.07, 6.45) is 0. The fraction of sp³-hybridized carbons (Fsp3) is 0.462. The van der Waals surface area contributed by atoms with E-state index in [0.717, 1.165) is 25.3 Å². The van der Waals surface area contributed by atoms with Crippen LogP contribution in [0.5, 0.6) is 0 Å². The van der Waals surface area contributed by atoms with E-state index in [1.54, 1.807) is 0 Å². The van der Waals surface area contributed by atoms with E-state index in [-0.39, 0.29) is 11.9 Å². The van der Waals surface area contributed by atoms with Crippen LogP contribution in [-0.4, -0.2) is 31.6 Å². The second-order valence-electron chi connectivity index (χ2n) is 4.81. The minimum atomic E-state index is -0.0586. The van der Waals surface area contributed by atoms with Gasteiger partial charge in [-0.25, -0.2) is 0 Å². The normalized spacial score (nSPS) is 22.8. The van der Waals surface area contributed by atoms with Gasteiger partial charge in [0.15, 0.2) is 0 Å². The Hall–Kier alpha value is -1.55. The molecule has 0 bridgehead atoms. The van der Waals surface area contributed by atoms with Crippen molar-refractivity contribution in [3.63, 3.8) is 0 Å². The third-order valence-electron chi connectivity index (χ3n) is 3.79. The highest BCUT2D eigenvalue weighted by Crippen LogP contribution is 2.36. The van der Waals surface area contributed by atoms with Gasteiger partial charge in [0.2, 0.25) is 5.91 Å². The quantitative estimate of drug-likeness (QED) is 0.701. The van der Waals surface area contributed by atoms with E-state index in [4.69, 9.17) is 0 Å². The number of aryl methyl sites for hydroxylation is 1. The largest absolute Gasteiger partial charge is 0.355 e. The van der Waals surface area contributed by atoms with E-state index in [9.17, 15) is 4.79 Å². The van der Waals surface area contributed by atoms with Crippen LogP contribution in [0.25, 0.3) is 0 Å². The number of fused-ring (bicyclic) bond motifs is 3. The number of hydrogen-bond donors (Lipinski definition) is 2. The van der Waals surface area contributed by atoms with Gasteiger partial charge in [-0.05, 0) is 31.0 Å². The summed E-state index contributed by atoms with van der Waals surface area (Å²) in [6.45, 7) is 6.82. The van der Waals surface area contributed by atoms with Gasteiger partial charge in [-0.2, -0.15) is 0 Å². The molecule has 1 atom stereocenters. The zero-order valence-corrected chi connectivity index (χ0v) is 10.2. The fourth-order valence-corrected chi connectivity index (χ4v) is 2.69. The van der Waals surface area contributed by atoms with E-state index in [1.807, 2.05) is 6.07 Å². The average molecular weight is 231 g/mol. The molecule has 1 fully saturated rings. The molecule has 3 rings (SSSR count). The van der Waals surface area contributed by atoms with E-state index in [1.165, 1.54) is 16.8 Å². The predicted molar refractivity (Wildman–Crippen MR) is 68.5 cm³/mol. The number of piperazine rings is 1. The van der Waals surface area contributed by atoms with Crippen LogP contribution >= 0.6 is 0 Å². The first-order chi connectivity index (χ1) is 8.18. The molecule has 0 aromatic heterocycles. The molecule has 1 aromatic carbocycles. The molecule has 17 heavy (non-hydrogen) atoms. The van der Waals surface area contributed by atoms with Crippen molar-refractivity contribution in [3.8, 4) is 0 Å². The summed E-state index contributed by atoms with van der Waals surface area (Å²) in [7, 11) is 0. The molecule has 0 radical (unpaired) electrons. The van der Waals surface area contributed by atoms with Gasteiger partial charge < -0.3 is 15.5 Å². The molecule has 2 aliphatic heterocycles. The zero-order chi connectivity index (χ0) is 12.0. The SMILES string of the molecule is Cc1ccc2c(c1C)N1CCNCC1C(=O)N2. The van der Waals surface area contributed by atoms with Crippen LogP contribution in [-0.2, 0) is 4.79 Å². The first-order valence-electron chi connectivity index (χ1n) is 6.07. The maximum Gasteiger partial charge on any atom is 0.248 e. The Bertz CT molecular complexity index is 484. The van der Waals surface area contributed by atoms with Crippen molar-refractivity contribution in [1.29, 1.82) is 0 Å². The Morgan fingerprint density at radius 1 is 1.35 bits per heavy atom. The molecule has 2 N–H and O–H groups in total. The van der Waals surface area contributed by atoms with Gasteiger partial charge >= 0.3 is 0 Å². The molecule has 0 spiro atoms. The fourth-order valence-electron chi connectivity index (χ4n) is 2.69. The van der Waals surface area contributed by atoms with Gasteiger partial charge in [0.05, 0.1) is 11.4 Å². The Morgan fingerprint density at radius 3 is 3.00 bits per heavy atom. The van der Waals surface area contributed by atoms with Crippen LogP contribution in [0, 0.1) is 13.8 Å². The molecule has 1 amide bonds. The number of hydrogen-bond acceptors (Lipinski definition) is 3. The lowest BCUT2D eigenvalue weighted by atomic mass is 9.99. The summed E-state index contributed by atoms with van der Waals surface area (Å²) < 4.78 is 0. The molecule has 0 saturated carbocycles. The van der Waals surface area contributed by atoms with E-state index >= 15 is 0 Å². The van der Waals surface area contributed by atoms with Crippen molar-refractivity contribution < 1.29 is 4.79 Å². The third-order valence-corrected chi connectivity index (χ3v) is 3.79. The van der Waals surface area contributed by atoms with Crippen molar-refractivity contribution >= 4 is 17.3 Å². The molecule has 1 saturated heterocycles. The molecule has 0 aliphatic carbocycles. The van der Waals surface area contributed by atoms with Gasteiger partial charge in [0.25, 0.3) is 0 Å². The smallest absolute Gasteiger partial charge is 0.248 e. The van der Waals surface area contributed by atoms with E-state index < -0.39 is 0 Å². The summed E-state index contributed by atoms with van der Waals surface area (Å²) >= 11 is 0. The second-order valence-corrected chi connectivity index (χ2v) is 4.81. The van der Waals surface area contributed by atoms with Crippen LogP contribution in [0.15, 0.2) is 12.1 Å². The Morgan fingerprint density at radius 2 is 2.18 bits per heavy atom. The summed E-state index contributed by atoms with van der Waals surface area (Å²) in [5, 5.41) is 6.28. The van der Waals surface area contributed by atoms with Crippen LogP contribution in [0.3, 0.4) is 0 Å². The number of amides is 1. The van der Waals surface area contributed by atoms with Crippen molar-refractivity contribution in [1.82, 2.24) is 5.32 Å². The van der Waals surface area contributed by atoms with Gasteiger partial charge in [-0.1, -0.05) is 6.07 Å². The Balaban J connectivity index is 2.14. The van der Waals surface area contributed by atoms with Crippen molar-refractivity contribution in [2.24, 2.45) is 0 Å². The van der Waals surface area contributed by atoms with Crippen molar-refractivity contribution in [2.75, 3.05) is 29.9 Å². The van der Waals surface area contributed by atoms with E-state index in [0.29, 0.717) is 0 Å². The van der Waals surface area contributed by atoms with Crippen LogP contribution < -0.4 is 15.5 Å². The highest BCUT2D eigenvalue weighted by Gasteiger charge is 2.35. The van der Waals surface area contributed by atoms with E-state index in [2.05, 4.69) is 35.4 Å². The Labute approximate surface area is 101 Å². The van der Waals surface area contributed by atoms with Crippen molar-refractivity contribution in [2.45, 2.75) is 19.9 Å². The third kappa shape index (κ3) is 1.52. The molecule has 90 valence electrons. The first-order valence-corrected chi connectivity index (χ1v) is 6.07. The topological polar surface area (TPSA) is 44.4 Å². The first kappa shape index (κ1) is 10.6. The summed E-state index contributed by atoms with van der Waals surface area (Å²) in [5.74, 6) is 0.105. The highest BCUT2D eigenvalue weighted by atomic mass is 16.2. The van der Waals surface area contributed by atoms with Gasteiger partial charge in [-0.3, -0.25) is 4.79 Å². The lowest BCUT2D eigenvalue weighted by Crippen LogP contribution is -2.59. The molecule has 4 nitrogen and oxygen atoms in total. The number of rotatable bonds is 0. The van der Waals surface area contributed by atoms with Crippen LogP contribution in [0.4, 0.5) is 11.4 Å². The molecule has 2 aliphatic rings. The maximum atomic E-state index is 12.0. The monoisotopic (exact) mass is 231 g/mol. The van der Waals surface area contributed by atoms with Crippen LogP contribution in [0.1, 0.15) is 11.1 Å². The summed E-state index contributed by atoms with van der Waals surface area (Å²) in [5.41, 5.74) is 4.71. The van der Waals surface area contributed by atoms with Crippen molar-refractivity contribution in [3.05, 3.63) is 23.3 Å². The second kappa shape index (κ2) is 3.74. The lowest BCUT2D eigenvalue weighted by molar-refractivity contribution is -0.117. The summed E-state index contributed by atoms with van der Waals surface area (Å²) in [6, 6.07) is 4.02. The summed E-state index contributed by atoms with van der Waals surface area (Å²) in [4.78, 5) is 14.2. The van der Waals surface area contributed by atoms with Gasteiger partial charge in [0.1, 0.15) is 6.04 Å². The number of nitrogens with one attached hydrogen (secondary N) is 2. The lowest BCUT2D eigenvalue weighted by Gasteiger charge is -2.42. The molecule has 2 heterocycles. The van der Waals surface area contributed by atoms with Gasteiger partial charge in [-0.15, -0.1) is 0 Å². The number of nitrogens with zero attached hydrogens (tertiary/aromatic N) is 1. The zero-order valence-electron chi connectivity index (χ0n) is 10.2. The molecule has 4 heteroatoms. The average Bonchev–Trinajstić information content (AvgIpc) is 2.34. The molecular weight excluding hydrogens is 214 g/mol. The standard InChI is InChI=1S/C13H17N3O/c1-8-3-4-10-12(9(8)2)16-6-5-14-7-11(16)13(17)15-10/h3-4,11,14H,5-7H2,1-2H3,(H,15,17). The number of carbonyl (C=O) groups is 1. The number of benzene rings is 1. The highest BCUT2D eigenvalue weighted by molar-refractivity contribution is 6.04. The number of carbonyl (C=O) groups excluding carboxylic acids is 1. The minimum absolute atomic E-state index is 0.0586. The van der Waals surface area contributed by atoms with Crippen LogP contribution in [0.2, 0.25) is 0 Å². The molecule has 1 unspecified atom stereocenters. The minimum Gasteiger partial charge on any atom is -0.355 e. The maximum absolute atomic E-state index is 12.0. The Kier molecular flexibility index (Phi) is 2.33. The molecular formula is C13H17N3O.